The number of benzene rings is 1. The molecule has 2 aromatic heterocycles. The Kier molecular flexibility index (Phi) is 6.93. The fourth-order valence-electron chi connectivity index (χ4n) is 3.41. The Morgan fingerprint density at radius 1 is 1.06 bits per heavy atom. The molecule has 1 N–H and O–H groups in total. The van der Waals surface area contributed by atoms with Crippen LogP contribution in [0.1, 0.15) is 17.5 Å². The lowest BCUT2D eigenvalue weighted by molar-refractivity contribution is -0.121. The largest absolute Gasteiger partial charge is 0.379 e. The van der Waals surface area contributed by atoms with E-state index in [2.05, 4.69) is 15.4 Å². The summed E-state index contributed by atoms with van der Waals surface area (Å²) in [6, 6.07) is 12.3. The molecule has 0 atom stereocenters. The standard InChI is InChI=1S/C22H25N5O4S/c28-22(24-17-19-8-10-23-21(16-19)27-11-1-9-25-27)7-4-18-2-5-20(6-3-18)32(29,30)26-12-14-31-15-13-26/h1-3,5-6,8-11,16H,4,7,12-15,17H2,(H,24,28). The van der Waals surface area contributed by atoms with Gasteiger partial charge in [0.2, 0.25) is 15.9 Å². The Morgan fingerprint density at radius 2 is 1.84 bits per heavy atom. The van der Waals surface area contributed by atoms with Crippen molar-refractivity contribution in [3.8, 4) is 5.82 Å². The molecule has 10 heteroatoms. The molecule has 0 aliphatic carbocycles. The van der Waals surface area contributed by atoms with Gasteiger partial charge in [0.15, 0.2) is 5.82 Å². The van der Waals surface area contributed by atoms with Crippen LogP contribution in [0, 0.1) is 0 Å². The molecule has 0 spiro atoms. The summed E-state index contributed by atoms with van der Waals surface area (Å²) in [5.41, 5.74) is 1.84. The number of nitrogens with one attached hydrogen (secondary N) is 1. The molecule has 1 saturated heterocycles. The van der Waals surface area contributed by atoms with Crippen LogP contribution in [-0.4, -0.2) is 59.7 Å². The van der Waals surface area contributed by atoms with Gasteiger partial charge >= 0.3 is 0 Å². The Balaban J connectivity index is 1.27. The van der Waals surface area contributed by atoms with Gasteiger partial charge in [-0.1, -0.05) is 12.1 Å². The second kappa shape index (κ2) is 10.0. The molecule has 0 unspecified atom stereocenters. The molecule has 0 saturated carbocycles. The zero-order valence-electron chi connectivity index (χ0n) is 17.6. The molecule has 1 fully saturated rings. The highest BCUT2D eigenvalue weighted by atomic mass is 32.2. The predicted molar refractivity (Wildman–Crippen MR) is 118 cm³/mol. The van der Waals surface area contributed by atoms with E-state index in [1.807, 2.05) is 24.4 Å². The van der Waals surface area contributed by atoms with Crippen molar-refractivity contribution in [1.29, 1.82) is 0 Å². The average Bonchev–Trinajstić information content (AvgIpc) is 3.38. The maximum absolute atomic E-state index is 12.7. The van der Waals surface area contributed by atoms with Crippen molar-refractivity contribution in [3.63, 3.8) is 0 Å². The number of carbonyl (C=O) groups is 1. The Bertz CT molecular complexity index is 1140. The number of pyridine rings is 1. The molecule has 32 heavy (non-hydrogen) atoms. The second-order valence-corrected chi connectivity index (χ2v) is 9.35. The van der Waals surface area contributed by atoms with Crippen molar-refractivity contribution in [2.45, 2.75) is 24.3 Å². The normalized spacial score (nSPS) is 14.9. The van der Waals surface area contributed by atoms with E-state index in [4.69, 9.17) is 4.74 Å². The van der Waals surface area contributed by atoms with Gasteiger partial charge in [0.1, 0.15) is 0 Å². The number of aromatic nitrogens is 3. The monoisotopic (exact) mass is 455 g/mol. The van der Waals surface area contributed by atoms with Crippen LogP contribution in [0.15, 0.2) is 66.0 Å². The summed E-state index contributed by atoms with van der Waals surface area (Å²) >= 11 is 0. The maximum atomic E-state index is 12.7. The van der Waals surface area contributed by atoms with Crippen LogP contribution in [0.2, 0.25) is 0 Å². The maximum Gasteiger partial charge on any atom is 0.243 e. The Hall–Kier alpha value is -3.08. The molecule has 3 aromatic rings. The van der Waals surface area contributed by atoms with Gasteiger partial charge < -0.3 is 10.1 Å². The third-order valence-corrected chi connectivity index (χ3v) is 7.12. The van der Waals surface area contributed by atoms with Gasteiger partial charge in [0, 0.05) is 44.6 Å². The van der Waals surface area contributed by atoms with Crippen molar-refractivity contribution in [3.05, 3.63) is 72.2 Å². The molecule has 1 amide bonds. The molecule has 1 aliphatic heterocycles. The number of morpholine rings is 1. The van der Waals surface area contributed by atoms with Gasteiger partial charge in [-0.25, -0.2) is 18.1 Å². The number of nitrogens with zero attached hydrogens (tertiary/aromatic N) is 4. The van der Waals surface area contributed by atoms with E-state index in [0.717, 1.165) is 11.1 Å². The molecular weight excluding hydrogens is 430 g/mol. The Labute approximate surface area is 187 Å². The van der Waals surface area contributed by atoms with Crippen molar-refractivity contribution in [2.24, 2.45) is 0 Å². The van der Waals surface area contributed by atoms with Crippen LogP contribution in [0.3, 0.4) is 0 Å². The van der Waals surface area contributed by atoms with Crippen molar-refractivity contribution < 1.29 is 17.9 Å². The highest BCUT2D eigenvalue weighted by Crippen LogP contribution is 2.18. The van der Waals surface area contributed by atoms with E-state index in [-0.39, 0.29) is 10.8 Å². The molecule has 168 valence electrons. The number of carbonyl (C=O) groups excluding carboxylic acids is 1. The van der Waals surface area contributed by atoms with E-state index in [1.165, 1.54) is 4.31 Å². The highest BCUT2D eigenvalue weighted by molar-refractivity contribution is 7.89. The van der Waals surface area contributed by atoms with Gasteiger partial charge in [0.05, 0.1) is 18.1 Å². The van der Waals surface area contributed by atoms with Crippen molar-refractivity contribution in [1.82, 2.24) is 24.4 Å². The minimum Gasteiger partial charge on any atom is -0.379 e. The molecule has 1 aromatic carbocycles. The van der Waals surface area contributed by atoms with Gasteiger partial charge in [-0.2, -0.15) is 9.40 Å². The number of rotatable bonds is 8. The zero-order chi connectivity index (χ0) is 22.4. The van der Waals surface area contributed by atoms with Crippen LogP contribution in [0.5, 0.6) is 0 Å². The lowest BCUT2D eigenvalue weighted by atomic mass is 10.1. The van der Waals surface area contributed by atoms with Crippen LogP contribution < -0.4 is 5.32 Å². The van der Waals surface area contributed by atoms with Gasteiger partial charge in [-0.05, 0) is 47.9 Å². The van der Waals surface area contributed by atoms with Gasteiger partial charge in [-0.15, -0.1) is 0 Å². The minimum atomic E-state index is -3.51. The number of hydrogen-bond donors (Lipinski definition) is 1. The highest BCUT2D eigenvalue weighted by Gasteiger charge is 2.26. The molecule has 3 heterocycles. The number of amides is 1. The first kappa shape index (κ1) is 22.1. The van der Waals surface area contributed by atoms with Crippen LogP contribution >= 0.6 is 0 Å². The summed E-state index contributed by atoms with van der Waals surface area (Å²) in [4.78, 5) is 16.8. The van der Waals surface area contributed by atoms with E-state index in [0.29, 0.717) is 51.5 Å². The first-order chi connectivity index (χ1) is 15.5. The first-order valence-corrected chi connectivity index (χ1v) is 11.8. The lowest BCUT2D eigenvalue weighted by Crippen LogP contribution is -2.40. The predicted octanol–water partition coefficient (Wildman–Crippen LogP) is 1.54. The summed E-state index contributed by atoms with van der Waals surface area (Å²) in [5, 5.41) is 7.06. The van der Waals surface area contributed by atoms with E-state index < -0.39 is 10.0 Å². The lowest BCUT2D eigenvalue weighted by Gasteiger charge is -2.26. The van der Waals surface area contributed by atoms with Crippen molar-refractivity contribution >= 4 is 15.9 Å². The van der Waals surface area contributed by atoms with Crippen LogP contribution in [0.4, 0.5) is 0 Å². The summed E-state index contributed by atoms with van der Waals surface area (Å²) < 4.78 is 33.7. The molecule has 0 radical (unpaired) electrons. The summed E-state index contributed by atoms with van der Waals surface area (Å²) in [6.07, 6.45) is 6.01. The van der Waals surface area contributed by atoms with Gasteiger partial charge in [-0.3, -0.25) is 4.79 Å². The molecule has 4 rings (SSSR count). The summed E-state index contributed by atoms with van der Waals surface area (Å²) in [5.74, 6) is 0.612. The van der Waals surface area contributed by atoms with E-state index in [9.17, 15) is 13.2 Å². The molecule has 9 nitrogen and oxygen atoms in total. The van der Waals surface area contributed by atoms with Crippen LogP contribution in [0.25, 0.3) is 5.82 Å². The fourth-order valence-corrected chi connectivity index (χ4v) is 4.82. The SMILES string of the molecule is O=C(CCc1ccc(S(=O)(=O)N2CCOCC2)cc1)NCc1ccnc(-n2cccn2)c1. The van der Waals surface area contributed by atoms with Gasteiger partial charge in [0.25, 0.3) is 0 Å². The third-order valence-electron chi connectivity index (χ3n) is 5.21. The smallest absolute Gasteiger partial charge is 0.243 e. The minimum absolute atomic E-state index is 0.0764. The number of hydrogen-bond acceptors (Lipinski definition) is 6. The summed E-state index contributed by atoms with van der Waals surface area (Å²) in [7, 11) is -3.51. The Morgan fingerprint density at radius 3 is 2.56 bits per heavy atom. The molecular formula is C22H25N5O4S. The third kappa shape index (κ3) is 5.39. The number of ether oxygens (including phenoxy) is 1. The average molecular weight is 456 g/mol. The number of sulfonamides is 1. The fraction of sp³-hybridized carbons (Fsp3) is 0.318. The second-order valence-electron chi connectivity index (χ2n) is 7.41. The molecule has 1 aliphatic rings. The zero-order valence-corrected chi connectivity index (χ0v) is 18.4. The van der Waals surface area contributed by atoms with Crippen molar-refractivity contribution in [2.75, 3.05) is 26.3 Å². The topological polar surface area (TPSA) is 106 Å². The van der Waals surface area contributed by atoms with E-state index in [1.54, 1.807) is 41.3 Å². The summed E-state index contributed by atoms with van der Waals surface area (Å²) in [6.45, 7) is 1.95. The quantitative estimate of drug-likeness (QED) is 0.552. The van der Waals surface area contributed by atoms with Crippen LogP contribution in [-0.2, 0) is 32.5 Å². The van der Waals surface area contributed by atoms with E-state index >= 15 is 0 Å². The number of aryl methyl sites for hydroxylation is 1. The first-order valence-electron chi connectivity index (χ1n) is 10.4. The molecule has 0 bridgehead atoms.